The van der Waals surface area contributed by atoms with Gasteiger partial charge in [-0.2, -0.15) is 10.5 Å². The molecule has 7 heteroatoms. The van der Waals surface area contributed by atoms with E-state index >= 15 is 0 Å². The first kappa shape index (κ1) is 17.0. The minimum Gasteiger partial charge on any atom is -0.369 e. The number of thioether (sulfide) groups is 1. The zero-order chi connectivity index (χ0) is 16.7. The van der Waals surface area contributed by atoms with Gasteiger partial charge in [0.1, 0.15) is 4.32 Å². The molecule has 1 N–H and O–H groups in total. The summed E-state index contributed by atoms with van der Waals surface area (Å²) in [5.74, 6) is -0.172. The second-order valence-electron chi connectivity index (χ2n) is 4.75. The van der Waals surface area contributed by atoms with Crippen LogP contribution in [0.25, 0.3) is 6.08 Å². The molecule has 1 aromatic carbocycles. The molecule has 23 heavy (non-hydrogen) atoms. The van der Waals surface area contributed by atoms with Gasteiger partial charge in [0.15, 0.2) is 0 Å². The highest BCUT2D eigenvalue weighted by Gasteiger charge is 2.21. The smallest absolute Gasteiger partial charge is 0.263 e. The molecule has 1 saturated heterocycles. The van der Waals surface area contributed by atoms with Crippen molar-refractivity contribution in [1.82, 2.24) is 5.32 Å². The maximum Gasteiger partial charge on any atom is 0.263 e. The van der Waals surface area contributed by atoms with Crippen molar-refractivity contribution in [3.05, 3.63) is 34.7 Å². The monoisotopic (exact) mass is 342 g/mol. The van der Waals surface area contributed by atoms with Crippen molar-refractivity contribution in [3.63, 3.8) is 0 Å². The van der Waals surface area contributed by atoms with E-state index in [0.717, 1.165) is 11.3 Å². The zero-order valence-corrected chi connectivity index (χ0v) is 13.9. The molecule has 0 saturated carbocycles. The number of thiocarbonyl (C=S) groups is 1. The summed E-state index contributed by atoms with van der Waals surface area (Å²) in [6, 6.07) is 11.9. The lowest BCUT2D eigenvalue weighted by Gasteiger charge is -2.22. The van der Waals surface area contributed by atoms with Crippen LogP contribution in [0.1, 0.15) is 18.4 Å². The number of nitriles is 2. The van der Waals surface area contributed by atoms with Gasteiger partial charge in [0.25, 0.3) is 5.91 Å². The number of amides is 1. The Labute approximate surface area is 144 Å². The number of nitrogens with zero attached hydrogens (tertiary/aromatic N) is 3. The van der Waals surface area contributed by atoms with Crippen LogP contribution >= 0.6 is 24.0 Å². The fourth-order valence-electron chi connectivity index (χ4n) is 2.09. The summed E-state index contributed by atoms with van der Waals surface area (Å²) >= 11 is 6.21. The summed E-state index contributed by atoms with van der Waals surface area (Å²) in [5.41, 5.74) is 1.85. The molecule has 1 aromatic rings. The molecule has 1 fully saturated rings. The van der Waals surface area contributed by atoms with Crippen LogP contribution in [0.5, 0.6) is 0 Å². The van der Waals surface area contributed by atoms with Crippen LogP contribution in [-0.4, -0.2) is 23.3 Å². The van der Waals surface area contributed by atoms with E-state index in [2.05, 4.69) is 17.5 Å². The predicted molar refractivity (Wildman–Crippen MR) is 95.4 cm³/mol. The third-order valence-corrected chi connectivity index (χ3v) is 4.35. The second kappa shape index (κ2) is 8.33. The number of anilines is 1. The summed E-state index contributed by atoms with van der Waals surface area (Å²) in [4.78, 5) is 14.2. The Hall–Kier alpha value is -2.35. The fraction of sp³-hybridized carbons (Fsp3) is 0.250. The topological polar surface area (TPSA) is 79.9 Å². The molecule has 2 rings (SSSR count). The molecule has 0 unspecified atom stereocenters. The third-order valence-electron chi connectivity index (χ3n) is 3.19. The molecule has 1 aliphatic heterocycles. The Morgan fingerprint density at radius 2 is 1.78 bits per heavy atom. The van der Waals surface area contributed by atoms with Gasteiger partial charge >= 0.3 is 0 Å². The molecule has 1 aliphatic rings. The van der Waals surface area contributed by atoms with Crippen molar-refractivity contribution >= 4 is 46.0 Å². The van der Waals surface area contributed by atoms with Crippen LogP contribution in [0.4, 0.5) is 5.69 Å². The summed E-state index contributed by atoms with van der Waals surface area (Å²) < 4.78 is 0.469. The van der Waals surface area contributed by atoms with Crippen molar-refractivity contribution in [2.75, 3.05) is 18.0 Å². The standard InChI is InChI=1S/C16H14N4OS2/c17-7-1-9-20(10-2-8-18)13-5-3-12(4-6-13)11-14-15(21)19-16(22)23-14/h3-6,11H,1-2,9-10H2,(H,19,21,22)/b14-11-. The highest BCUT2D eigenvalue weighted by atomic mass is 32.2. The minimum atomic E-state index is -0.172. The number of benzene rings is 1. The lowest BCUT2D eigenvalue weighted by Crippen LogP contribution is -2.25. The fourth-order valence-corrected chi connectivity index (χ4v) is 3.14. The molecule has 0 aliphatic carbocycles. The zero-order valence-electron chi connectivity index (χ0n) is 12.3. The van der Waals surface area contributed by atoms with E-state index in [4.69, 9.17) is 22.7 Å². The molecule has 0 bridgehead atoms. The SMILES string of the molecule is N#CCCN(CCC#N)c1ccc(/C=C2\SC(=S)NC2=O)cc1. The number of carbonyl (C=O) groups excluding carboxylic acids is 1. The van der Waals surface area contributed by atoms with Crippen molar-refractivity contribution in [3.8, 4) is 12.1 Å². The van der Waals surface area contributed by atoms with Gasteiger partial charge in [-0.15, -0.1) is 0 Å². The van der Waals surface area contributed by atoms with Gasteiger partial charge in [-0.25, -0.2) is 0 Å². The lowest BCUT2D eigenvalue weighted by molar-refractivity contribution is -0.115. The highest BCUT2D eigenvalue weighted by Crippen LogP contribution is 2.26. The Morgan fingerprint density at radius 1 is 1.17 bits per heavy atom. The summed E-state index contributed by atoms with van der Waals surface area (Å²) in [6.45, 7) is 1.18. The molecule has 116 valence electrons. The van der Waals surface area contributed by atoms with Gasteiger partial charge in [0, 0.05) is 18.8 Å². The molecule has 1 amide bonds. The number of nitrogens with one attached hydrogen (secondary N) is 1. The van der Waals surface area contributed by atoms with E-state index in [-0.39, 0.29) is 5.91 Å². The molecule has 0 atom stereocenters. The molecular weight excluding hydrogens is 328 g/mol. The van der Waals surface area contributed by atoms with Gasteiger partial charge in [0.05, 0.1) is 29.9 Å². The number of carbonyl (C=O) groups is 1. The van der Waals surface area contributed by atoms with Crippen LogP contribution < -0.4 is 10.2 Å². The van der Waals surface area contributed by atoms with Gasteiger partial charge < -0.3 is 10.2 Å². The van der Waals surface area contributed by atoms with Gasteiger partial charge in [-0.3, -0.25) is 4.79 Å². The molecule has 5 nitrogen and oxygen atoms in total. The van der Waals surface area contributed by atoms with Crippen molar-refractivity contribution in [2.24, 2.45) is 0 Å². The van der Waals surface area contributed by atoms with Crippen LogP contribution in [-0.2, 0) is 4.79 Å². The van der Waals surface area contributed by atoms with E-state index in [9.17, 15) is 4.79 Å². The van der Waals surface area contributed by atoms with Crippen LogP contribution in [0.3, 0.4) is 0 Å². The van der Waals surface area contributed by atoms with Crippen LogP contribution in [0.15, 0.2) is 29.2 Å². The third kappa shape index (κ3) is 4.82. The molecule has 1 heterocycles. The predicted octanol–water partition coefficient (Wildman–Crippen LogP) is 2.81. The van der Waals surface area contributed by atoms with Crippen molar-refractivity contribution in [2.45, 2.75) is 12.8 Å². The molecular formula is C16H14N4OS2. The van der Waals surface area contributed by atoms with Gasteiger partial charge in [-0.1, -0.05) is 36.1 Å². The first-order valence-electron chi connectivity index (χ1n) is 6.98. The molecule has 0 aromatic heterocycles. The van der Waals surface area contributed by atoms with E-state index in [0.29, 0.717) is 35.2 Å². The second-order valence-corrected chi connectivity index (χ2v) is 6.47. The maximum absolute atomic E-state index is 11.6. The summed E-state index contributed by atoms with van der Waals surface area (Å²) in [6.07, 6.45) is 2.61. The average Bonchev–Trinajstić information content (AvgIpc) is 2.86. The van der Waals surface area contributed by atoms with E-state index in [1.807, 2.05) is 29.2 Å². The highest BCUT2D eigenvalue weighted by molar-refractivity contribution is 8.26. The van der Waals surface area contributed by atoms with Crippen LogP contribution in [0.2, 0.25) is 0 Å². The quantitative estimate of drug-likeness (QED) is 0.632. The Kier molecular flexibility index (Phi) is 6.16. The first-order chi connectivity index (χ1) is 11.1. The van der Waals surface area contributed by atoms with Crippen molar-refractivity contribution < 1.29 is 4.79 Å². The Bertz CT molecular complexity index is 695. The van der Waals surface area contributed by atoms with E-state index in [1.54, 1.807) is 6.08 Å². The maximum atomic E-state index is 11.6. The van der Waals surface area contributed by atoms with E-state index in [1.165, 1.54) is 11.8 Å². The van der Waals surface area contributed by atoms with Gasteiger partial charge in [0.2, 0.25) is 0 Å². The summed E-state index contributed by atoms with van der Waals surface area (Å²) in [5, 5.41) is 20.1. The number of rotatable bonds is 6. The number of hydrogen-bond donors (Lipinski definition) is 1. The Morgan fingerprint density at radius 3 is 2.26 bits per heavy atom. The van der Waals surface area contributed by atoms with Crippen molar-refractivity contribution in [1.29, 1.82) is 10.5 Å². The van der Waals surface area contributed by atoms with E-state index < -0.39 is 0 Å². The minimum absolute atomic E-state index is 0.172. The lowest BCUT2D eigenvalue weighted by atomic mass is 10.1. The van der Waals surface area contributed by atoms with Crippen LogP contribution in [0, 0.1) is 22.7 Å². The van der Waals surface area contributed by atoms with Gasteiger partial charge in [-0.05, 0) is 23.8 Å². The molecule has 0 spiro atoms. The summed E-state index contributed by atoms with van der Waals surface area (Å²) in [7, 11) is 0. The normalized spacial score (nSPS) is 15.1. The largest absolute Gasteiger partial charge is 0.369 e. The average molecular weight is 342 g/mol. The molecule has 0 radical (unpaired) electrons. The Balaban J connectivity index is 2.12. The first-order valence-corrected chi connectivity index (χ1v) is 8.20. The number of hydrogen-bond acceptors (Lipinski definition) is 6.